The molecule has 0 bridgehead atoms. The van der Waals surface area contributed by atoms with Gasteiger partial charge in [-0.15, -0.1) is 0 Å². The Labute approximate surface area is 119 Å². The van der Waals surface area contributed by atoms with Crippen LogP contribution in [-0.2, 0) is 0 Å². The van der Waals surface area contributed by atoms with Gasteiger partial charge < -0.3 is 10.0 Å². The molecule has 0 aromatic carbocycles. The summed E-state index contributed by atoms with van der Waals surface area (Å²) in [5.74, 6) is 0.533. The summed E-state index contributed by atoms with van der Waals surface area (Å²) in [6.45, 7) is 10.1. The van der Waals surface area contributed by atoms with E-state index in [0.29, 0.717) is 24.5 Å². The van der Waals surface area contributed by atoms with Gasteiger partial charge in [-0.1, -0.05) is 0 Å². The highest BCUT2D eigenvalue weighted by atomic mass is 16.6. The molecule has 0 unspecified atom stereocenters. The van der Waals surface area contributed by atoms with Crippen LogP contribution in [0.1, 0.15) is 45.9 Å². The van der Waals surface area contributed by atoms with Gasteiger partial charge in [0.1, 0.15) is 5.69 Å². The number of aryl methyl sites for hydroxylation is 1. The summed E-state index contributed by atoms with van der Waals surface area (Å²) in [5, 5.41) is 24.7. The van der Waals surface area contributed by atoms with E-state index in [1.54, 1.807) is 11.6 Å². The van der Waals surface area contributed by atoms with Gasteiger partial charge >= 0.3 is 5.69 Å². The zero-order valence-electron chi connectivity index (χ0n) is 12.8. The molecule has 0 spiro atoms. The van der Waals surface area contributed by atoms with Crippen molar-refractivity contribution in [2.75, 3.05) is 18.1 Å². The van der Waals surface area contributed by atoms with Crippen LogP contribution < -0.4 is 4.90 Å². The molecule has 1 N–H and O–H groups in total. The minimum Gasteiger partial charge on any atom is -0.396 e. The van der Waals surface area contributed by atoms with Crippen LogP contribution in [0, 0.1) is 17.0 Å². The largest absolute Gasteiger partial charge is 0.396 e. The molecule has 0 saturated heterocycles. The second kappa shape index (κ2) is 6.69. The predicted molar refractivity (Wildman–Crippen MR) is 78.2 cm³/mol. The van der Waals surface area contributed by atoms with Gasteiger partial charge in [0.25, 0.3) is 0 Å². The van der Waals surface area contributed by atoms with E-state index >= 15 is 0 Å². The van der Waals surface area contributed by atoms with Crippen LogP contribution in [0.2, 0.25) is 0 Å². The van der Waals surface area contributed by atoms with E-state index in [2.05, 4.69) is 5.10 Å². The van der Waals surface area contributed by atoms with Crippen molar-refractivity contribution in [3.8, 4) is 0 Å². The lowest BCUT2D eigenvalue weighted by Crippen LogP contribution is -2.35. The standard InChI is InChI=1S/C13H24N4O3/c1-9(2)15(7-6-8-18)13-12(17(19)20)11(5)14-16(13)10(3)4/h9-10,18H,6-8H2,1-5H3. The lowest BCUT2D eigenvalue weighted by atomic mass is 10.2. The van der Waals surface area contributed by atoms with Crippen LogP contribution in [0.25, 0.3) is 0 Å². The Morgan fingerprint density at radius 1 is 1.40 bits per heavy atom. The third-order valence-corrected chi connectivity index (χ3v) is 3.15. The molecule has 0 fully saturated rings. The summed E-state index contributed by atoms with van der Waals surface area (Å²) in [5.41, 5.74) is 0.485. The second-order valence-corrected chi connectivity index (χ2v) is 5.42. The quantitative estimate of drug-likeness (QED) is 0.613. The second-order valence-electron chi connectivity index (χ2n) is 5.42. The fourth-order valence-electron chi connectivity index (χ4n) is 2.22. The maximum atomic E-state index is 11.4. The molecular formula is C13H24N4O3. The first-order valence-corrected chi connectivity index (χ1v) is 6.92. The molecule has 20 heavy (non-hydrogen) atoms. The Morgan fingerprint density at radius 2 is 2.00 bits per heavy atom. The smallest absolute Gasteiger partial charge is 0.333 e. The van der Waals surface area contributed by atoms with Crippen LogP contribution in [-0.4, -0.2) is 39.0 Å². The van der Waals surface area contributed by atoms with Crippen molar-refractivity contribution < 1.29 is 10.0 Å². The van der Waals surface area contributed by atoms with Crippen molar-refractivity contribution in [3.05, 3.63) is 15.8 Å². The summed E-state index contributed by atoms with van der Waals surface area (Å²) in [6, 6.07) is 0.127. The van der Waals surface area contributed by atoms with Crippen molar-refractivity contribution in [3.63, 3.8) is 0 Å². The van der Waals surface area contributed by atoms with Gasteiger partial charge in [-0.3, -0.25) is 10.1 Å². The first kappa shape index (κ1) is 16.4. The molecule has 0 amide bonds. The van der Waals surface area contributed by atoms with Crippen molar-refractivity contribution in [2.24, 2.45) is 0 Å². The summed E-state index contributed by atoms with van der Waals surface area (Å²) in [6.07, 6.45) is 0.567. The number of aliphatic hydroxyl groups is 1. The molecule has 0 atom stereocenters. The van der Waals surface area contributed by atoms with Gasteiger partial charge in [-0.25, -0.2) is 4.68 Å². The van der Waals surface area contributed by atoms with Gasteiger partial charge in [-0.05, 0) is 41.0 Å². The van der Waals surface area contributed by atoms with Gasteiger partial charge in [0.05, 0.1) is 4.92 Å². The monoisotopic (exact) mass is 284 g/mol. The molecule has 1 aromatic heterocycles. The Kier molecular flexibility index (Phi) is 5.50. The number of aliphatic hydroxyl groups excluding tert-OH is 1. The molecule has 7 heteroatoms. The molecule has 1 aromatic rings. The number of hydrogen-bond donors (Lipinski definition) is 1. The third-order valence-electron chi connectivity index (χ3n) is 3.15. The van der Waals surface area contributed by atoms with Crippen LogP contribution in [0.15, 0.2) is 0 Å². The van der Waals surface area contributed by atoms with E-state index in [1.807, 2.05) is 32.6 Å². The molecule has 0 aliphatic heterocycles. The average molecular weight is 284 g/mol. The third kappa shape index (κ3) is 3.27. The predicted octanol–water partition coefficient (Wildman–Crippen LogP) is 2.28. The highest BCUT2D eigenvalue weighted by Gasteiger charge is 2.31. The van der Waals surface area contributed by atoms with E-state index in [1.165, 1.54) is 0 Å². The number of hydrogen-bond acceptors (Lipinski definition) is 5. The topological polar surface area (TPSA) is 84.4 Å². The van der Waals surface area contributed by atoms with Gasteiger partial charge in [0, 0.05) is 25.2 Å². The highest BCUT2D eigenvalue weighted by molar-refractivity contribution is 5.62. The zero-order valence-corrected chi connectivity index (χ0v) is 12.8. The Balaban J connectivity index is 3.39. The minimum atomic E-state index is -0.370. The van der Waals surface area contributed by atoms with Crippen molar-refractivity contribution in [1.82, 2.24) is 9.78 Å². The number of aromatic nitrogens is 2. The number of nitrogens with zero attached hydrogens (tertiary/aromatic N) is 4. The SMILES string of the molecule is Cc1nn(C(C)C)c(N(CCCO)C(C)C)c1[N+](=O)[O-]. The van der Waals surface area contributed by atoms with Crippen LogP contribution in [0.3, 0.4) is 0 Å². The van der Waals surface area contributed by atoms with E-state index in [-0.39, 0.29) is 29.3 Å². The maximum absolute atomic E-state index is 11.4. The van der Waals surface area contributed by atoms with Crippen molar-refractivity contribution in [1.29, 1.82) is 0 Å². The van der Waals surface area contributed by atoms with Crippen LogP contribution in [0.4, 0.5) is 11.5 Å². The first-order valence-electron chi connectivity index (χ1n) is 6.92. The van der Waals surface area contributed by atoms with E-state index in [4.69, 9.17) is 5.11 Å². The number of nitro groups is 1. The summed E-state index contributed by atoms with van der Waals surface area (Å²) >= 11 is 0. The Morgan fingerprint density at radius 3 is 2.40 bits per heavy atom. The fourth-order valence-corrected chi connectivity index (χ4v) is 2.22. The Hall–Kier alpha value is -1.63. The molecule has 0 aliphatic carbocycles. The average Bonchev–Trinajstić information content (AvgIpc) is 2.67. The molecule has 0 aliphatic rings. The number of anilines is 1. The molecule has 7 nitrogen and oxygen atoms in total. The minimum absolute atomic E-state index is 0.0350. The first-order chi connectivity index (χ1) is 9.31. The molecule has 1 heterocycles. The maximum Gasteiger partial charge on any atom is 0.333 e. The fraction of sp³-hybridized carbons (Fsp3) is 0.769. The van der Waals surface area contributed by atoms with Crippen molar-refractivity contribution in [2.45, 2.75) is 53.1 Å². The lowest BCUT2D eigenvalue weighted by Gasteiger charge is -2.29. The Bertz CT molecular complexity index is 468. The highest BCUT2D eigenvalue weighted by Crippen LogP contribution is 2.34. The number of rotatable bonds is 7. The van der Waals surface area contributed by atoms with Crippen LogP contribution in [0.5, 0.6) is 0 Å². The normalized spacial score (nSPS) is 11.4. The van der Waals surface area contributed by atoms with Gasteiger partial charge in [-0.2, -0.15) is 5.10 Å². The summed E-state index contributed by atoms with van der Waals surface area (Å²) in [4.78, 5) is 12.9. The molecule has 1 rings (SSSR count). The van der Waals surface area contributed by atoms with E-state index in [9.17, 15) is 10.1 Å². The molecular weight excluding hydrogens is 260 g/mol. The molecule has 0 saturated carbocycles. The van der Waals surface area contributed by atoms with Crippen LogP contribution >= 0.6 is 0 Å². The lowest BCUT2D eigenvalue weighted by molar-refractivity contribution is -0.384. The van der Waals surface area contributed by atoms with Gasteiger partial charge in [0.2, 0.25) is 5.82 Å². The zero-order chi connectivity index (χ0) is 15.4. The summed E-state index contributed by atoms with van der Waals surface area (Å²) in [7, 11) is 0. The van der Waals surface area contributed by atoms with Crippen molar-refractivity contribution >= 4 is 11.5 Å². The molecule has 0 radical (unpaired) electrons. The summed E-state index contributed by atoms with van der Waals surface area (Å²) < 4.78 is 1.70. The van der Waals surface area contributed by atoms with Gasteiger partial charge in [0.15, 0.2) is 0 Å². The van der Waals surface area contributed by atoms with E-state index in [0.717, 1.165) is 0 Å². The van der Waals surface area contributed by atoms with E-state index < -0.39 is 0 Å². The molecule has 114 valence electrons.